The van der Waals surface area contributed by atoms with Gasteiger partial charge in [-0.05, 0) is 43.1 Å². The molecule has 2 rings (SSSR count). The maximum Gasteiger partial charge on any atom is 0.193 e. The Balaban J connectivity index is 2.10. The summed E-state index contributed by atoms with van der Waals surface area (Å²) < 4.78 is 5.65. The minimum Gasteiger partial charge on any atom is -0.381 e. The molecule has 0 saturated carbocycles. The van der Waals surface area contributed by atoms with E-state index in [1.54, 1.807) is 0 Å². The third kappa shape index (κ3) is 4.64. The highest BCUT2D eigenvalue weighted by Gasteiger charge is 2.31. The molecule has 1 aliphatic heterocycles. The number of para-hydroxylation sites is 1. The summed E-state index contributed by atoms with van der Waals surface area (Å²) in [6.07, 6.45) is 6.20. The summed E-state index contributed by atoms with van der Waals surface area (Å²) in [5.41, 5.74) is 9.88. The number of thioether (sulfide) groups is 1. The van der Waals surface area contributed by atoms with Gasteiger partial charge in [0.25, 0.3) is 0 Å². The molecule has 0 amide bonds. The van der Waals surface area contributed by atoms with Crippen LogP contribution in [0.4, 0.5) is 5.69 Å². The predicted molar refractivity (Wildman–Crippen MR) is 102 cm³/mol. The van der Waals surface area contributed by atoms with E-state index in [1.165, 1.54) is 11.1 Å². The number of aryl methyl sites for hydroxylation is 2. The molecule has 0 bridgehead atoms. The molecule has 1 aromatic carbocycles. The van der Waals surface area contributed by atoms with Crippen LogP contribution in [0, 0.1) is 0 Å². The Kier molecular flexibility index (Phi) is 6.78. The first kappa shape index (κ1) is 18.1. The zero-order valence-corrected chi connectivity index (χ0v) is 15.3. The topological polar surface area (TPSA) is 59.6 Å². The van der Waals surface area contributed by atoms with Gasteiger partial charge < -0.3 is 15.8 Å². The number of nitrogens with one attached hydrogen (secondary N) is 1. The number of guanidine groups is 1. The molecular weight excluding hydrogens is 306 g/mol. The van der Waals surface area contributed by atoms with Crippen LogP contribution in [0.3, 0.4) is 0 Å². The van der Waals surface area contributed by atoms with Crippen molar-refractivity contribution in [1.82, 2.24) is 0 Å². The maximum absolute atomic E-state index is 6.18. The van der Waals surface area contributed by atoms with E-state index in [4.69, 9.17) is 10.5 Å². The highest BCUT2D eigenvalue weighted by Crippen LogP contribution is 2.34. The quantitative estimate of drug-likeness (QED) is 0.617. The van der Waals surface area contributed by atoms with Gasteiger partial charge in [0.05, 0.1) is 6.54 Å². The molecular formula is C18H29N3OS. The highest BCUT2D eigenvalue weighted by molar-refractivity contribution is 8.00. The molecule has 0 spiro atoms. The number of nitrogens with two attached hydrogens (primary N) is 1. The number of benzene rings is 1. The lowest BCUT2D eigenvalue weighted by Gasteiger charge is -2.34. The second-order valence-corrected chi connectivity index (χ2v) is 7.26. The summed E-state index contributed by atoms with van der Waals surface area (Å²) >= 11 is 1.89. The Hall–Kier alpha value is -1.20. The summed E-state index contributed by atoms with van der Waals surface area (Å²) in [7, 11) is 0. The number of anilines is 1. The molecule has 0 atom stereocenters. The lowest BCUT2D eigenvalue weighted by atomic mass is 9.99. The highest BCUT2D eigenvalue weighted by atomic mass is 32.2. The normalized spacial score (nSPS) is 18.0. The van der Waals surface area contributed by atoms with Crippen LogP contribution in [0.15, 0.2) is 23.2 Å². The Labute approximate surface area is 144 Å². The van der Waals surface area contributed by atoms with Gasteiger partial charge in [-0.25, -0.2) is 0 Å². The van der Waals surface area contributed by atoms with Gasteiger partial charge in [0, 0.05) is 23.6 Å². The van der Waals surface area contributed by atoms with Crippen LogP contribution in [0.1, 0.15) is 37.8 Å². The van der Waals surface area contributed by atoms with E-state index >= 15 is 0 Å². The van der Waals surface area contributed by atoms with Crippen LogP contribution in [-0.4, -0.2) is 36.7 Å². The third-order valence-electron chi connectivity index (χ3n) is 4.63. The lowest BCUT2D eigenvalue weighted by molar-refractivity contribution is 0.0794. The molecule has 0 unspecified atom stereocenters. The van der Waals surface area contributed by atoms with Crippen molar-refractivity contribution in [2.45, 2.75) is 44.3 Å². The van der Waals surface area contributed by atoms with E-state index in [0.29, 0.717) is 5.96 Å². The molecule has 0 aliphatic carbocycles. The Morgan fingerprint density at radius 1 is 1.26 bits per heavy atom. The first-order valence-electron chi connectivity index (χ1n) is 8.44. The van der Waals surface area contributed by atoms with Crippen molar-refractivity contribution in [3.05, 3.63) is 29.3 Å². The van der Waals surface area contributed by atoms with Crippen molar-refractivity contribution in [2.24, 2.45) is 10.7 Å². The van der Waals surface area contributed by atoms with Crippen molar-refractivity contribution in [3.8, 4) is 0 Å². The standard InChI is InChI=1S/C18H29N3OS/c1-4-14-7-6-8-15(5-2)16(14)21-17(19)20-13-18(23-3)9-11-22-12-10-18/h6-8H,4-5,9-13H2,1-3H3,(H3,19,20,21). The largest absolute Gasteiger partial charge is 0.381 e. The van der Waals surface area contributed by atoms with Gasteiger partial charge in [-0.15, -0.1) is 0 Å². The Bertz CT molecular complexity index is 517. The van der Waals surface area contributed by atoms with Gasteiger partial charge in [0.15, 0.2) is 5.96 Å². The average Bonchev–Trinajstić information content (AvgIpc) is 2.61. The van der Waals surface area contributed by atoms with E-state index in [2.05, 4.69) is 48.6 Å². The maximum atomic E-state index is 6.18. The lowest BCUT2D eigenvalue weighted by Crippen LogP contribution is -2.37. The summed E-state index contributed by atoms with van der Waals surface area (Å²) in [6.45, 7) is 6.72. The minimum absolute atomic E-state index is 0.169. The first-order chi connectivity index (χ1) is 11.1. The molecule has 1 aromatic rings. The van der Waals surface area contributed by atoms with E-state index in [1.807, 2.05) is 11.8 Å². The molecule has 128 valence electrons. The summed E-state index contributed by atoms with van der Waals surface area (Å²) in [6, 6.07) is 6.41. The fourth-order valence-electron chi connectivity index (χ4n) is 2.97. The van der Waals surface area contributed by atoms with Crippen molar-refractivity contribution in [2.75, 3.05) is 31.3 Å². The summed E-state index contributed by atoms with van der Waals surface area (Å²) in [5, 5.41) is 3.35. The zero-order chi connectivity index (χ0) is 16.7. The SMILES string of the molecule is CCc1cccc(CC)c1NC(N)=NCC1(SC)CCOCC1. The molecule has 1 aliphatic rings. The molecule has 1 fully saturated rings. The van der Waals surface area contributed by atoms with Gasteiger partial charge in [-0.3, -0.25) is 4.99 Å². The van der Waals surface area contributed by atoms with Crippen LogP contribution < -0.4 is 11.1 Å². The number of ether oxygens (including phenoxy) is 1. The molecule has 4 nitrogen and oxygen atoms in total. The van der Waals surface area contributed by atoms with Crippen LogP contribution in [0.2, 0.25) is 0 Å². The van der Waals surface area contributed by atoms with Gasteiger partial charge in [-0.1, -0.05) is 32.0 Å². The van der Waals surface area contributed by atoms with Crippen molar-refractivity contribution < 1.29 is 4.74 Å². The van der Waals surface area contributed by atoms with Crippen LogP contribution >= 0.6 is 11.8 Å². The van der Waals surface area contributed by atoms with Crippen LogP contribution in [-0.2, 0) is 17.6 Å². The van der Waals surface area contributed by atoms with E-state index < -0.39 is 0 Å². The fourth-order valence-corrected chi connectivity index (χ4v) is 3.74. The molecule has 0 radical (unpaired) electrons. The third-order valence-corrected chi connectivity index (χ3v) is 6.03. The smallest absolute Gasteiger partial charge is 0.193 e. The molecule has 0 aromatic heterocycles. The summed E-state index contributed by atoms with van der Waals surface area (Å²) in [4.78, 5) is 4.64. The zero-order valence-electron chi connectivity index (χ0n) is 14.5. The van der Waals surface area contributed by atoms with E-state index in [9.17, 15) is 0 Å². The molecule has 1 heterocycles. The number of rotatable bonds is 6. The van der Waals surface area contributed by atoms with Crippen LogP contribution in [0.5, 0.6) is 0 Å². The summed E-state index contributed by atoms with van der Waals surface area (Å²) in [5.74, 6) is 0.514. The van der Waals surface area contributed by atoms with Gasteiger partial charge >= 0.3 is 0 Å². The van der Waals surface area contributed by atoms with E-state index in [0.717, 1.165) is 51.1 Å². The fraction of sp³-hybridized carbons (Fsp3) is 0.611. The Morgan fingerprint density at radius 2 is 1.87 bits per heavy atom. The number of hydrogen-bond acceptors (Lipinski definition) is 3. The number of nitrogens with zero attached hydrogens (tertiary/aromatic N) is 1. The molecule has 1 saturated heterocycles. The molecule has 3 N–H and O–H groups in total. The van der Waals surface area contributed by atoms with Crippen molar-refractivity contribution >= 4 is 23.4 Å². The first-order valence-corrected chi connectivity index (χ1v) is 9.67. The van der Waals surface area contributed by atoms with Gasteiger partial charge in [-0.2, -0.15) is 11.8 Å². The van der Waals surface area contributed by atoms with Crippen LogP contribution in [0.25, 0.3) is 0 Å². The van der Waals surface area contributed by atoms with Gasteiger partial charge in [0.2, 0.25) is 0 Å². The number of aliphatic imine (C=N–C) groups is 1. The molecule has 5 heteroatoms. The predicted octanol–water partition coefficient (Wildman–Crippen LogP) is 3.45. The van der Waals surface area contributed by atoms with Crippen molar-refractivity contribution in [1.29, 1.82) is 0 Å². The minimum atomic E-state index is 0.169. The second-order valence-electron chi connectivity index (χ2n) is 5.98. The number of hydrogen-bond donors (Lipinski definition) is 2. The van der Waals surface area contributed by atoms with Crippen molar-refractivity contribution in [3.63, 3.8) is 0 Å². The Morgan fingerprint density at radius 3 is 2.39 bits per heavy atom. The van der Waals surface area contributed by atoms with E-state index in [-0.39, 0.29) is 4.75 Å². The second kappa shape index (κ2) is 8.60. The average molecular weight is 336 g/mol. The van der Waals surface area contributed by atoms with Gasteiger partial charge in [0.1, 0.15) is 0 Å². The monoisotopic (exact) mass is 335 g/mol. The molecule has 23 heavy (non-hydrogen) atoms.